The number of unbranched alkanes of at least 4 members (excludes halogenated alkanes) is 1. The molecule has 88 valence electrons. The molecule has 1 aromatic heterocycles. The van der Waals surface area contributed by atoms with Gasteiger partial charge in [0.15, 0.2) is 0 Å². The summed E-state index contributed by atoms with van der Waals surface area (Å²) in [5.41, 5.74) is 5.32. The summed E-state index contributed by atoms with van der Waals surface area (Å²) in [7, 11) is 0. The first kappa shape index (κ1) is 12.9. The SMILES string of the molecule is NCCCCNc1ncc(Br)cc1[N+](=O)[O-]. The molecule has 0 aromatic carbocycles. The Morgan fingerprint density at radius 1 is 1.56 bits per heavy atom. The van der Waals surface area contributed by atoms with E-state index in [1.54, 1.807) is 0 Å². The molecule has 0 aliphatic heterocycles. The van der Waals surface area contributed by atoms with Crippen LogP contribution in [-0.4, -0.2) is 23.0 Å². The zero-order chi connectivity index (χ0) is 12.0. The zero-order valence-electron chi connectivity index (χ0n) is 8.65. The van der Waals surface area contributed by atoms with Crippen molar-refractivity contribution in [2.75, 3.05) is 18.4 Å². The Hall–Kier alpha value is -1.21. The third kappa shape index (κ3) is 3.74. The Bertz CT molecular complexity index is 373. The summed E-state index contributed by atoms with van der Waals surface area (Å²) in [5, 5.41) is 13.7. The second-order valence-electron chi connectivity index (χ2n) is 3.20. The minimum atomic E-state index is -0.455. The fourth-order valence-corrected chi connectivity index (χ4v) is 1.50. The Morgan fingerprint density at radius 2 is 2.31 bits per heavy atom. The lowest BCUT2D eigenvalue weighted by Gasteiger charge is -2.05. The Balaban J connectivity index is 2.67. The third-order valence-electron chi connectivity index (χ3n) is 1.95. The molecular weight excluding hydrogens is 276 g/mol. The van der Waals surface area contributed by atoms with E-state index in [0.717, 1.165) is 12.8 Å². The summed E-state index contributed by atoms with van der Waals surface area (Å²) >= 11 is 3.15. The van der Waals surface area contributed by atoms with E-state index in [1.807, 2.05) is 0 Å². The van der Waals surface area contributed by atoms with Gasteiger partial charge in [-0.15, -0.1) is 0 Å². The van der Waals surface area contributed by atoms with Gasteiger partial charge in [0.25, 0.3) is 0 Å². The van der Waals surface area contributed by atoms with Crippen LogP contribution in [0.4, 0.5) is 11.5 Å². The number of hydrogen-bond acceptors (Lipinski definition) is 5. The summed E-state index contributed by atoms with van der Waals surface area (Å²) in [6.45, 7) is 1.25. The first-order chi connectivity index (χ1) is 7.65. The van der Waals surface area contributed by atoms with Crippen molar-refractivity contribution in [2.45, 2.75) is 12.8 Å². The van der Waals surface area contributed by atoms with E-state index in [4.69, 9.17) is 5.73 Å². The van der Waals surface area contributed by atoms with E-state index in [1.165, 1.54) is 12.3 Å². The molecule has 1 aromatic rings. The number of hydrogen-bond donors (Lipinski definition) is 2. The number of nitrogens with two attached hydrogens (primary N) is 1. The normalized spacial score (nSPS) is 10.1. The second-order valence-corrected chi connectivity index (χ2v) is 4.12. The molecule has 1 heterocycles. The van der Waals surface area contributed by atoms with Gasteiger partial charge in [0, 0.05) is 23.3 Å². The van der Waals surface area contributed by atoms with Crippen LogP contribution >= 0.6 is 15.9 Å². The van der Waals surface area contributed by atoms with Gasteiger partial charge in [-0.25, -0.2) is 4.98 Å². The summed E-state index contributed by atoms with van der Waals surface area (Å²) < 4.78 is 0.590. The Morgan fingerprint density at radius 3 is 2.94 bits per heavy atom. The van der Waals surface area contributed by atoms with Crippen molar-refractivity contribution in [1.82, 2.24) is 4.98 Å². The Labute approximate surface area is 102 Å². The molecule has 0 spiro atoms. The van der Waals surface area contributed by atoms with Crippen molar-refractivity contribution >= 4 is 27.4 Å². The highest BCUT2D eigenvalue weighted by Crippen LogP contribution is 2.25. The van der Waals surface area contributed by atoms with E-state index in [2.05, 4.69) is 26.2 Å². The second kappa shape index (κ2) is 6.39. The monoisotopic (exact) mass is 288 g/mol. The lowest BCUT2D eigenvalue weighted by molar-refractivity contribution is -0.384. The molecule has 6 nitrogen and oxygen atoms in total. The van der Waals surface area contributed by atoms with E-state index in [0.29, 0.717) is 23.4 Å². The minimum absolute atomic E-state index is 0.0258. The largest absolute Gasteiger partial charge is 0.364 e. The summed E-state index contributed by atoms with van der Waals surface area (Å²) in [6.07, 6.45) is 3.28. The first-order valence-electron chi connectivity index (χ1n) is 4.89. The number of nitro groups is 1. The van der Waals surface area contributed by atoms with Gasteiger partial charge in [-0.05, 0) is 35.3 Å². The molecule has 0 atom stereocenters. The van der Waals surface area contributed by atoms with Crippen LogP contribution in [0.5, 0.6) is 0 Å². The predicted molar refractivity (Wildman–Crippen MR) is 65.4 cm³/mol. The number of anilines is 1. The van der Waals surface area contributed by atoms with Crippen molar-refractivity contribution in [3.63, 3.8) is 0 Å². The lowest BCUT2D eigenvalue weighted by Crippen LogP contribution is -2.08. The van der Waals surface area contributed by atoms with Crippen molar-refractivity contribution in [2.24, 2.45) is 5.73 Å². The first-order valence-corrected chi connectivity index (χ1v) is 5.68. The average Bonchev–Trinajstić information content (AvgIpc) is 2.26. The van der Waals surface area contributed by atoms with E-state index in [-0.39, 0.29) is 5.69 Å². The number of nitrogens with one attached hydrogen (secondary N) is 1. The molecule has 0 bridgehead atoms. The van der Waals surface area contributed by atoms with Gasteiger partial charge in [0.1, 0.15) is 0 Å². The minimum Gasteiger partial charge on any atom is -0.364 e. The Kier molecular flexibility index (Phi) is 5.13. The fraction of sp³-hybridized carbons (Fsp3) is 0.444. The fourth-order valence-electron chi connectivity index (χ4n) is 1.18. The summed E-state index contributed by atoms with van der Waals surface area (Å²) in [4.78, 5) is 14.3. The van der Waals surface area contributed by atoms with Crippen LogP contribution in [0.15, 0.2) is 16.7 Å². The number of rotatable bonds is 6. The number of halogens is 1. The number of aromatic nitrogens is 1. The van der Waals surface area contributed by atoms with Gasteiger partial charge >= 0.3 is 5.69 Å². The van der Waals surface area contributed by atoms with Gasteiger partial charge in [-0.2, -0.15) is 0 Å². The van der Waals surface area contributed by atoms with E-state index >= 15 is 0 Å². The van der Waals surface area contributed by atoms with Gasteiger partial charge in [-0.3, -0.25) is 10.1 Å². The molecule has 0 saturated heterocycles. The van der Waals surface area contributed by atoms with Crippen molar-refractivity contribution in [1.29, 1.82) is 0 Å². The standard InChI is InChI=1S/C9H13BrN4O2/c10-7-5-8(14(15)16)9(13-6-7)12-4-2-1-3-11/h5-6H,1-4,11H2,(H,12,13). The highest BCUT2D eigenvalue weighted by Gasteiger charge is 2.14. The van der Waals surface area contributed by atoms with E-state index < -0.39 is 4.92 Å². The molecule has 0 fully saturated rings. The topological polar surface area (TPSA) is 94.1 Å². The molecule has 0 amide bonds. The lowest BCUT2D eigenvalue weighted by atomic mass is 10.3. The van der Waals surface area contributed by atoms with E-state index in [9.17, 15) is 10.1 Å². The summed E-state index contributed by atoms with van der Waals surface area (Å²) in [5.74, 6) is 0.297. The highest BCUT2D eigenvalue weighted by molar-refractivity contribution is 9.10. The zero-order valence-corrected chi connectivity index (χ0v) is 10.2. The maximum Gasteiger partial charge on any atom is 0.312 e. The third-order valence-corrected chi connectivity index (χ3v) is 2.39. The van der Waals surface area contributed by atoms with Crippen LogP contribution in [0.25, 0.3) is 0 Å². The van der Waals surface area contributed by atoms with Crippen molar-refractivity contribution < 1.29 is 4.92 Å². The van der Waals surface area contributed by atoms with Crippen LogP contribution in [0.2, 0.25) is 0 Å². The maximum atomic E-state index is 10.7. The smallest absolute Gasteiger partial charge is 0.312 e. The van der Waals surface area contributed by atoms with Crippen LogP contribution in [0.1, 0.15) is 12.8 Å². The van der Waals surface area contributed by atoms with Gasteiger partial charge < -0.3 is 11.1 Å². The quantitative estimate of drug-likeness (QED) is 0.474. The van der Waals surface area contributed by atoms with Crippen LogP contribution < -0.4 is 11.1 Å². The molecule has 0 radical (unpaired) electrons. The summed E-state index contributed by atoms with van der Waals surface area (Å²) in [6, 6.07) is 1.43. The number of nitrogens with zero attached hydrogens (tertiary/aromatic N) is 2. The predicted octanol–water partition coefficient (Wildman–Crippen LogP) is 1.90. The highest BCUT2D eigenvalue weighted by atomic mass is 79.9. The van der Waals surface area contributed by atoms with Crippen LogP contribution in [0.3, 0.4) is 0 Å². The van der Waals surface area contributed by atoms with Gasteiger partial charge in [0.05, 0.1) is 4.92 Å². The molecule has 0 aliphatic rings. The van der Waals surface area contributed by atoms with Crippen molar-refractivity contribution in [3.05, 3.63) is 26.9 Å². The molecule has 1 rings (SSSR count). The molecule has 0 saturated carbocycles. The van der Waals surface area contributed by atoms with Crippen molar-refractivity contribution in [3.8, 4) is 0 Å². The maximum absolute atomic E-state index is 10.7. The molecule has 16 heavy (non-hydrogen) atoms. The molecule has 7 heteroatoms. The van der Waals surface area contributed by atoms with Crippen LogP contribution in [0, 0.1) is 10.1 Å². The molecule has 0 aliphatic carbocycles. The van der Waals surface area contributed by atoms with Crippen LogP contribution in [-0.2, 0) is 0 Å². The molecular formula is C9H13BrN4O2. The molecule has 3 N–H and O–H groups in total. The molecule has 0 unspecified atom stereocenters. The van der Waals surface area contributed by atoms with Gasteiger partial charge in [0.2, 0.25) is 5.82 Å². The number of pyridine rings is 1. The average molecular weight is 289 g/mol. The van der Waals surface area contributed by atoms with Gasteiger partial charge in [-0.1, -0.05) is 0 Å².